The maximum absolute atomic E-state index is 13.7. The highest BCUT2D eigenvalue weighted by atomic mass is 32.2. The minimum absolute atomic E-state index is 0.119. The number of hydrazone groups is 1. The molecule has 0 spiro atoms. The smallest absolute Gasteiger partial charge is 0.264 e. The number of carbonyl (C=O) groups excluding carboxylic acids is 1. The second kappa shape index (κ2) is 11.3. The van der Waals surface area contributed by atoms with E-state index in [-0.39, 0.29) is 4.90 Å². The van der Waals surface area contributed by atoms with Gasteiger partial charge in [0.25, 0.3) is 15.9 Å². The first-order chi connectivity index (χ1) is 18.5. The van der Waals surface area contributed by atoms with Crippen molar-refractivity contribution in [3.8, 4) is 5.69 Å². The van der Waals surface area contributed by atoms with Crippen molar-refractivity contribution >= 4 is 27.8 Å². The molecule has 0 radical (unpaired) electrons. The maximum Gasteiger partial charge on any atom is 0.264 e. The molecule has 4 aromatic rings. The van der Waals surface area contributed by atoms with Crippen molar-refractivity contribution in [3.05, 3.63) is 112 Å². The molecular formula is C31H34N4O3S. The fourth-order valence-electron chi connectivity index (χ4n) is 4.55. The molecular weight excluding hydrogens is 508 g/mol. The van der Waals surface area contributed by atoms with Gasteiger partial charge in [-0.15, -0.1) is 0 Å². The van der Waals surface area contributed by atoms with Gasteiger partial charge in [-0.3, -0.25) is 9.10 Å². The van der Waals surface area contributed by atoms with Crippen LogP contribution in [-0.2, 0) is 14.8 Å². The SMILES string of the molecule is Cc1ccc(S(=O)(=O)N(CC(=O)N/N=C\c2cc(C)n(-c3cccc(C)c3)c2C)c2cc(C)ccc2C)cc1. The van der Waals surface area contributed by atoms with Gasteiger partial charge in [0.15, 0.2) is 0 Å². The first-order valence-electron chi connectivity index (χ1n) is 12.7. The van der Waals surface area contributed by atoms with Gasteiger partial charge in [0.1, 0.15) is 6.54 Å². The molecule has 7 nitrogen and oxygen atoms in total. The normalized spacial score (nSPS) is 11.6. The summed E-state index contributed by atoms with van der Waals surface area (Å²) in [5.41, 5.74) is 10.6. The summed E-state index contributed by atoms with van der Waals surface area (Å²) in [4.78, 5) is 13.1. The molecule has 0 fully saturated rings. The second-order valence-electron chi connectivity index (χ2n) is 9.91. The monoisotopic (exact) mass is 542 g/mol. The van der Waals surface area contributed by atoms with Crippen LogP contribution in [0.15, 0.2) is 82.8 Å². The number of hydrogen-bond donors (Lipinski definition) is 1. The molecule has 0 bridgehead atoms. The number of rotatable bonds is 8. The summed E-state index contributed by atoms with van der Waals surface area (Å²) >= 11 is 0. The topological polar surface area (TPSA) is 83.8 Å². The minimum Gasteiger partial charge on any atom is -0.318 e. The van der Waals surface area contributed by atoms with Gasteiger partial charge in [-0.2, -0.15) is 5.10 Å². The molecule has 1 amide bonds. The number of benzene rings is 3. The second-order valence-corrected chi connectivity index (χ2v) is 11.8. The van der Waals surface area contributed by atoms with Crippen LogP contribution < -0.4 is 9.73 Å². The molecule has 0 saturated carbocycles. The Hall–Kier alpha value is -4.17. The van der Waals surface area contributed by atoms with E-state index in [2.05, 4.69) is 34.2 Å². The Morgan fingerprint density at radius 3 is 2.23 bits per heavy atom. The third-order valence-corrected chi connectivity index (χ3v) is 8.43. The van der Waals surface area contributed by atoms with Gasteiger partial charge in [-0.1, -0.05) is 42.0 Å². The van der Waals surface area contributed by atoms with Crippen LogP contribution in [0.2, 0.25) is 0 Å². The molecule has 8 heteroatoms. The molecule has 1 N–H and O–H groups in total. The lowest BCUT2D eigenvalue weighted by molar-refractivity contribution is -0.119. The van der Waals surface area contributed by atoms with Gasteiger partial charge in [-0.05, 0) is 94.6 Å². The summed E-state index contributed by atoms with van der Waals surface area (Å²) in [5, 5.41) is 4.16. The Morgan fingerprint density at radius 1 is 0.872 bits per heavy atom. The van der Waals surface area contributed by atoms with Crippen LogP contribution in [0.3, 0.4) is 0 Å². The highest BCUT2D eigenvalue weighted by Crippen LogP contribution is 2.28. The van der Waals surface area contributed by atoms with Crippen LogP contribution >= 0.6 is 0 Å². The molecule has 0 unspecified atom stereocenters. The summed E-state index contributed by atoms with van der Waals surface area (Å²) in [6, 6.07) is 22.4. The van der Waals surface area contributed by atoms with E-state index in [0.717, 1.165) is 49.2 Å². The molecule has 0 atom stereocenters. The third kappa shape index (κ3) is 6.12. The standard InChI is InChI=1S/C31H34N4O3S/c1-21-11-14-29(15-12-21)39(37,38)34(30-17-23(3)10-13-24(30)4)20-31(36)33-32-19-27-18-25(5)35(26(27)6)28-9-7-8-22(2)16-28/h7-19H,20H2,1-6H3,(H,33,36)/b32-19-. The lowest BCUT2D eigenvalue weighted by Crippen LogP contribution is -2.40. The van der Waals surface area contributed by atoms with Crippen molar-refractivity contribution in [1.82, 2.24) is 9.99 Å². The molecule has 0 aliphatic carbocycles. The van der Waals surface area contributed by atoms with Gasteiger partial charge >= 0.3 is 0 Å². The Bertz CT molecular complexity index is 1650. The Labute approximate surface area is 230 Å². The zero-order valence-corrected chi connectivity index (χ0v) is 24.0. The first kappa shape index (κ1) is 27.9. The van der Waals surface area contributed by atoms with Gasteiger partial charge in [0.2, 0.25) is 0 Å². The van der Waals surface area contributed by atoms with Gasteiger partial charge in [-0.25, -0.2) is 13.8 Å². The zero-order valence-electron chi connectivity index (χ0n) is 23.2. The van der Waals surface area contributed by atoms with E-state index in [1.54, 1.807) is 36.5 Å². The number of aryl methyl sites for hydroxylation is 5. The predicted molar refractivity (Wildman–Crippen MR) is 157 cm³/mol. The van der Waals surface area contributed by atoms with Gasteiger partial charge in [0.05, 0.1) is 16.8 Å². The quantitative estimate of drug-likeness (QED) is 0.230. The number of anilines is 1. The summed E-state index contributed by atoms with van der Waals surface area (Å²) in [6.07, 6.45) is 1.59. The molecule has 202 valence electrons. The molecule has 39 heavy (non-hydrogen) atoms. The molecule has 1 aromatic heterocycles. The molecule has 0 aliphatic heterocycles. The fraction of sp³-hybridized carbons (Fsp3) is 0.226. The van der Waals surface area contributed by atoms with Crippen LogP contribution in [0.1, 0.15) is 39.2 Å². The molecule has 0 saturated heterocycles. The number of aromatic nitrogens is 1. The lowest BCUT2D eigenvalue weighted by atomic mass is 10.1. The highest BCUT2D eigenvalue weighted by molar-refractivity contribution is 7.92. The number of amides is 1. The zero-order chi connectivity index (χ0) is 28.3. The fourth-order valence-corrected chi connectivity index (χ4v) is 6.02. The van der Waals surface area contributed by atoms with Crippen molar-refractivity contribution in [2.75, 3.05) is 10.8 Å². The largest absolute Gasteiger partial charge is 0.318 e. The summed E-state index contributed by atoms with van der Waals surface area (Å²) in [5.74, 6) is -0.546. The number of nitrogens with one attached hydrogen (secondary N) is 1. The minimum atomic E-state index is -4.01. The van der Waals surface area contributed by atoms with Crippen LogP contribution in [-0.4, -0.2) is 31.7 Å². The van der Waals surface area contributed by atoms with Crippen LogP contribution in [0.4, 0.5) is 5.69 Å². The highest BCUT2D eigenvalue weighted by Gasteiger charge is 2.28. The number of sulfonamides is 1. The molecule has 0 aliphatic rings. The van der Waals surface area contributed by atoms with Crippen molar-refractivity contribution in [1.29, 1.82) is 0 Å². The molecule has 4 rings (SSSR count). The Morgan fingerprint density at radius 2 is 1.54 bits per heavy atom. The average Bonchev–Trinajstić information content (AvgIpc) is 3.17. The number of hydrogen-bond acceptors (Lipinski definition) is 4. The third-order valence-electron chi connectivity index (χ3n) is 6.65. The van der Waals surface area contributed by atoms with Crippen molar-refractivity contribution in [2.45, 2.75) is 46.4 Å². The average molecular weight is 543 g/mol. The Kier molecular flexibility index (Phi) is 8.06. The Balaban J connectivity index is 1.59. The van der Waals surface area contributed by atoms with E-state index in [1.807, 2.05) is 65.0 Å². The van der Waals surface area contributed by atoms with E-state index < -0.39 is 22.5 Å². The molecule has 1 heterocycles. The van der Waals surface area contributed by atoms with Crippen molar-refractivity contribution < 1.29 is 13.2 Å². The summed E-state index contributed by atoms with van der Waals surface area (Å²) < 4.78 is 30.7. The van der Waals surface area contributed by atoms with Crippen molar-refractivity contribution in [2.24, 2.45) is 5.10 Å². The van der Waals surface area contributed by atoms with E-state index in [9.17, 15) is 13.2 Å². The number of carbonyl (C=O) groups is 1. The number of nitrogens with zero attached hydrogens (tertiary/aromatic N) is 3. The van der Waals surface area contributed by atoms with Gasteiger partial charge < -0.3 is 4.57 Å². The van der Waals surface area contributed by atoms with E-state index in [4.69, 9.17) is 0 Å². The van der Waals surface area contributed by atoms with Crippen LogP contribution in [0.5, 0.6) is 0 Å². The maximum atomic E-state index is 13.7. The van der Waals surface area contributed by atoms with E-state index in [0.29, 0.717) is 5.69 Å². The van der Waals surface area contributed by atoms with Crippen LogP contribution in [0, 0.1) is 41.5 Å². The summed E-state index contributed by atoms with van der Waals surface area (Å²) in [7, 11) is -4.01. The van der Waals surface area contributed by atoms with E-state index >= 15 is 0 Å². The van der Waals surface area contributed by atoms with E-state index in [1.165, 1.54) is 0 Å². The first-order valence-corrected chi connectivity index (χ1v) is 14.2. The van der Waals surface area contributed by atoms with Gasteiger partial charge in [0, 0.05) is 22.6 Å². The molecule has 3 aromatic carbocycles. The lowest BCUT2D eigenvalue weighted by Gasteiger charge is -2.25. The predicted octanol–water partition coefficient (Wildman–Crippen LogP) is 5.67. The van der Waals surface area contributed by atoms with Crippen molar-refractivity contribution in [3.63, 3.8) is 0 Å². The van der Waals surface area contributed by atoms with Crippen LogP contribution in [0.25, 0.3) is 5.69 Å². The summed E-state index contributed by atoms with van der Waals surface area (Å²) in [6.45, 7) is 11.3.